The predicted molar refractivity (Wildman–Crippen MR) is 123 cm³/mol. The lowest BCUT2D eigenvalue weighted by Gasteiger charge is -2.16. The van der Waals surface area contributed by atoms with Gasteiger partial charge in [-0.15, -0.1) is 0 Å². The predicted octanol–water partition coefficient (Wildman–Crippen LogP) is 1.03. The van der Waals surface area contributed by atoms with Crippen LogP contribution in [0, 0.1) is 5.41 Å². The summed E-state index contributed by atoms with van der Waals surface area (Å²) < 4.78 is 0. The Kier molecular flexibility index (Phi) is 9.01. The molecule has 8 N–H and O–H groups in total. The van der Waals surface area contributed by atoms with E-state index >= 15 is 0 Å². The van der Waals surface area contributed by atoms with Crippen molar-refractivity contribution in [1.29, 1.82) is 5.41 Å². The molecule has 2 aromatic rings. The number of nitrogens with two attached hydrogens (primary N) is 1. The molecule has 0 aliphatic heterocycles. The second-order valence-electron chi connectivity index (χ2n) is 6.57. The minimum Gasteiger partial charge on any atom is -0.480 e. The van der Waals surface area contributed by atoms with E-state index in [1.54, 1.807) is 12.1 Å². The van der Waals surface area contributed by atoms with Crippen molar-refractivity contribution in [2.45, 2.75) is 6.04 Å². The molecule has 33 heavy (non-hydrogen) atoms. The Labute approximate surface area is 198 Å². The minimum absolute atomic E-state index is 0.0402. The summed E-state index contributed by atoms with van der Waals surface area (Å²) in [5.41, 5.74) is 5.78. The summed E-state index contributed by atoms with van der Waals surface area (Å²) in [5, 5.41) is 26.1. The SMILES string of the molecule is N=C(N)Nc1cccc(C(=O)NCC(=O)NCC(NC(=O)c2c(Cl)cccc2Cl)C(=O)O)c1. The monoisotopic (exact) mass is 494 g/mol. The van der Waals surface area contributed by atoms with E-state index in [9.17, 15) is 24.3 Å². The van der Waals surface area contributed by atoms with Crippen molar-refractivity contribution in [2.75, 3.05) is 18.4 Å². The smallest absolute Gasteiger partial charge is 0.328 e. The molecule has 0 saturated heterocycles. The van der Waals surface area contributed by atoms with Gasteiger partial charge < -0.3 is 32.1 Å². The minimum atomic E-state index is -1.47. The van der Waals surface area contributed by atoms with Crippen LogP contribution in [0.4, 0.5) is 5.69 Å². The van der Waals surface area contributed by atoms with E-state index in [0.29, 0.717) is 5.69 Å². The van der Waals surface area contributed by atoms with Gasteiger partial charge in [-0.1, -0.05) is 35.3 Å². The fourth-order valence-electron chi connectivity index (χ4n) is 2.58. The maximum absolute atomic E-state index is 12.4. The maximum Gasteiger partial charge on any atom is 0.328 e. The number of carboxylic acid groups (broad SMARTS) is 1. The van der Waals surface area contributed by atoms with Crippen LogP contribution in [0.25, 0.3) is 0 Å². The van der Waals surface area contributed by atoms with Crippen molar-refractivity contribution in [1.82, 2.24) is 16.0 Å². The van der Waals surface area contributed by atoms with Gasteiger partial charge in [-0.3, -0.25) is 19.8 Å². The number of carbonyl (C=O) groups excluding carboxylic acids is 3. The van der Waals surface area contributed by atoms with Crippen molar-refractivity contribution in [2.24, 2.45) is 5.73 Å². The van der Waals surface area contributed by atoms with Gasteiger partial charge in [-0.25, -0.2) is 4.79 Å². The molecule has 0 saturated carbocycles. The highest BCUT2D eigenvalue weighted by Crippen LogP contribution is 2.24. The number of hydrogen-bond acceptors (Lipinski definition) is 5. The topological polar surface area (TPSA) is 186 Å². The Hall–Kier alpha value is -3.83. The molecule has 0 heterocycles. The highest BCUT2D eigenvalue weighted by molar-refractivity contribution is 6.39. The van der Waals surface area contributed by atoms with Crippen LogP contribution in [0.15, 0.2) is 42.5 Å². The lowest BCUT2D eigenvalue weighted by Crippen LogP contribution is -2.50. The molecular weight excluding hydrogens is 475 g/mol. The lowest BCUT2D eigenvalue weighted by atomic mass is 10.2. The summed E-state index contributed by atoms with van der Waals surface area (Å²) in [6, 6.07) is 8.99. The third-order valence-corrected chi connectivity index (χ3v) is 4.74. The molecule has 2 aromatic carbocycles. The van der Waals surface area contributed by atoms with E-state index in [-0.39, 0.29) is 27.1 Å². The van der Waals surface area contributed by atoms with E-state index in [1.807, 2.05) is 0 Å². The van der Waals surface area contributed by atoms with Gasteiger partial charge >= 0.3 is 5.97 Å². The Morgan fingerprint density at radius 2 is 1.64 bits per heavy atom. The second-order valence-corrected chi connectivity index (χ2v) is 7.38. The van der Waals surface area contributed by atoms with Gasteiger partial charge in [-0.2, -0.15) is 0 Å². The zero-order valence-electron chi connectivity index (χ0n) is 16.9. The van der Waals surface area contributed by atoms with Gasteiger partial charge in [0.2, 0.25) is 5.91 Å². The van der Waals surface area contributed by atoms with Gasteiger partial charge in [0.25, 0.3) is 11.8 Å². The summed E-state index contributed by atoms with van der Waals surface area (Å²) in [4.78, 5) is 48.1. The Morgan fingerprint density at radius 3 is 2.24 bits per heavy atom. The van der Waals surface area contributed by atoms with Gasteiger partial charge in [0.1, 0.15) is 6.04 Å². The van der Waals surface area contributed by atoms with Crippen LogP contribution >= 0.6 is 23.2 Å². The van der Waals surface area contributed by atoms with Crippen LogP contribution in [-0.2, 0) is 9.59 Å². The third kappa shape index (κ3) is 7.66. The molecule has 11 nitrogen and oxygen atoms in total. The number of carbonyl (C=O) groups is 4. The first-order valence-corrected chi connectivity index (χ1v) is 10.1. The standard InChI is InChI=1S/C20H20Cl2N6O5/c21-12-5-2-6-13(22)16(12)18(31)28-14(19(32)33)8-25-15(29)9-26-17(30)10-3-1-4-11(7-10)27-20(23)24/h1-7,14H,8-9H2,(H,25,29)(H,26,30)(H,28,31)(H,32,33)(H4,23,24,27). The average Bonchev–Trinajstić information content (AvgIpc) is 2.74. The van der Waals surface area contributed by atoms with Crippen molar-refractivity contribution in [3.8, 4) is 0 Å². The van der Waals surface area contributed by atoms with E-state index in [1.165, 1.54) is 30.3 Å². The number of benzene rings is 2. The molecule has 0 aliphatic carbocycles. The summed E-state index contributed by atoms with van der Waals surface area (Å²) >= 11 is 11.9. The number of anilines is 1. The summed E-state index contributed by atoms with van der Waals surface area (Å²) in [5.74, 6) is -3.78. The van der Waals surface area contributed by atoms with Crippen molar-refractivity contribution >= 4 is 58.5 Å². The molecule has 0 fully saturated rings. The van der Waals surface area contributed by atoms with Crippen LogP contribution in [0.3, 0.4) is 0 Å². The van der Waals surface area contributed by atoms with E-state index in [0.717, 1.165) is 0 Å². The fourth-order valence-corrected chi connectivity index (χ4v) is 3.15. The number of amides is 3. The number of halogens is 2. The molecule has 1 unspecified atom stereocenters. The van der Waals surface area contributed by atoms with E-state index in [2.05, 4.69) is 21.3 Å². The molecule has 0 radical (unpaired) electrons. The van der Waals surface area contributed by atoms with Crippen LogP contribution in [0.5, 0.6) is 0 Å². The van der Waals surface area contributed by atoms with Crippen molar-refractivity contribution in [3.05, 3.63) is 63.6 Å². The molecular formula is C20H20Cl2N6O5. The summed E-state index contributed by atoms with van der Waals surface area (Å²) in [7, 11) is 0. The number of carboxylic acids is 1. The zero-order valence-corrected chi connectivity index (χ0v) is 18.5. The fraction of sp³-hybridized carbons (Fsp3) is 0.150. The molecule has 174 valence electrons. The molecule has 1 atom stereocenters. The van der Waals surface area contributed by atoms with E-state index in [4.69, 9.17) is 34.3 Å². The number of aliphatic carboxylic acids is 1. The quantitative estimate of drug-likeness (QED) is 0.200. The summed E-state index contributed by atoms with van der Waals surface area (Å²) in [6.07, 6.45) is 0. The first kappa shape index (κ1) is 25.4. The van der Waals surface area contributed by atoms with Gasteiger partial charge in [0.05, 0.1) is 22.2 Å². The second kappa shape index (κ2) is 11.7. The van der Waals surface area contributed by atoms with E-state index < -0.39 is 42.8 Å². The number of rotatable bonds is 9. The molecule has 0 spiro atoms. The molecule has 2 rings (SSSR count). The van der Waals surface area contributed by atoms with Crippen LogP contribution < -0.4 is 27.0 Å². The van der Waals surface area contributed by atoms with Crippen LogP contribution in [0.2, 0.25) is 10.0 Å². The third-order valence-electron chi connectivity index (χ3n) is 4.11. The molecule has 0 bridgehead atoms. The Bertz CT molecular complexity index is 1070. The largest absolute Gasteiger partial charge is 0.480 e. The average molecular weight is 495 g/mol. The Morgan fingerprint density at radius 1 is 1.00 bits per heavy atom. The number of nitrogens with one attached hydrogen (secondary N) is 5. The van der Waals surface area contributed by atoms with Gasteiger partial charge in [0.15, 0.2) is 5.96 Å². The van der Waals surface area contributed by atoms with Crippen molar-refractivity contribution in [3.63, 3.8) is 0 Å². The van der Waals surface area contributed by atoms with Crippen LogP contribution in [-0.4, -0.2) is 53.9 Å². The highest BCUT2D eigenvalue weighted by Gasteiger charge is 2.24. The molecule has 0 aromatic heterocycles. The normalized spacial score (nSPS) is 11.1. The lowest BCUT2D eigenvalue weighted by molar-refractivity contribution is -0.139. The first-order chi connectivity index (χ1) is 15.6. The maximum atomic E-state index is 12.4. The van der Waals surface area contributed by atoms with Crippen molar-refractivity contribution < 1.29 is 24.3 Å². The first-order valence-electron chi connectivity index (χ1n) is 9.32. The molecule has 3 amide bonds. The highest BCUT2D eigenvalue weighted by atomic mass is 35.5. The number of guanidine groups is 1. The molecule has 13 heteroatoms. The van der Waals surface area contributed by atoms with Crippen LogP contribution in [0.1, 0.15) is 20.7 Å². The van der Waals surface area contributed by atoms with Gasteiger partial charge in [0, 0.05) is 17.8 Å². The Balaban J connectivity index is 1.90. The molecule has 0 aliphatic rings. The zero-order chi connectivity index (χ0) is 24.5. The van der Waals surface area contributed by atoms with Gasteiger partial charge in [-0.05, 0) is 30.3 Å². The number of hydrogen-bond donors (Lipinski definition) is 7. The summed E-state index contributed by atoms with van der Waals surface area (Å²) in [6.45, 7) is -0.893.